The van der Waals surface area contributed by atoms with Crippen molar-refractivity contribution < 1.29 is 9.53 Å². The Morgan fingerprint density at radius 1 is 1.32 bits per heavy atom. The Balaban J connectivity index is 1.64. The normalized spacial score (nSPS) is 19.0. The molecule has 5 heteroatoms. The maximum absolute atomic E-state index is 11.7. The average molecular weight is 316 g/mol. The van der Waals surface area contributed by atoms with E-state index in [4.69, 9.17) is 4.74 Å². The van der Waals surface area contributed by atoms with Gasteiger partial charge in [-0.05, 0) is 17.7 Å². The molecule has 1 fully saturated rings. The molecule has 1 N–H and O–H groups in total. The van der Waals surface area contributed by atoms with Gasteiger partial charge in [0.05, 0.1) is 6.61 Å². The highest BCUT2D eigenvalue weighted by molar-refractivity contribution is 7.15. The van der Waals surface area contributed by atoms with Crippen molar-refractivity contribution in [2.24, 2.45) is 0 Å². The summed E-state index contributed by atoms with van der Waals surface area (Å²) in [4.78, 5) is 16.6. The zero-order valence-electron chi connectivity index (χ0n) is 12.6. The topological polar surface area (TPSA) is 41.6 Å². The van der Waals surface area contributed by atoms with Crippen molar-refractivity contribution in [3.8, 4) is 10.4 Å². The third-order valence-electron chi connectivity index (χ3n) is 3.79. The third kappa shape index (κ3) is 3.55. The number of rotatable bonds is 4. The molecule has 1 unspecified atom stereocenters. The summed E-state index contributed by atoms with van der Waals surface area (Å²) in [5, 5.41) is 2.66. The monoisotopic (exact) mass is 316 g/mol. The number of hydrogen-bond acceptors (Lipinski definition) is 4. The molecule has 0 bridgehead atoms. The van der Waals surface area contributed by atoms with Gasteiger partial charge in [0, 0.05) is 36.4 Å². The molecule has 4 nitrogen and oxygen atoms in total. The lowest BCUT2D eigenvalue weighted by molar-refractivity contribution is -0.138. The number of likely N-dealkylation sites (N-methyl/N-ethyl adjacent to an activating group) is 1. The predicted molar refractivity (Wildman–Crippen MR) is 88.8 cm³/mol. The van der Waals surface area contributed by atoms with Crippen LogP contribution >= 0.6 is 11.3 Å². The highest BCUT2D eigenvalue weighted by Gasteiger charge is 2.26. The first-order chi connectivity index (χ1) is 10.8. The Bertz CT molecular complexity index is 627. The van der Waals surface area contributed by atoms with Gasteiger partial charge in [-0.2, -0.15) is 0 Å². The van der Waals surface area contributed by atoms with E-state index >= 15 is 0 Å². The van der Waals surface area contributed by atoms with E-state index < -0.39 is 0 Å². The van der Waals surface area contributed by atoms with Gasteiger partial charge in [-0.1, -0.05) is 30.3 Å². The van der Waals surface area contributed by atoms with Gasteiger partial charge in [0.25, 0.3) is 0 Å². The minimum absolute atomic E-state index is 0.0409. The second-order valence-electron chi connectivity index (χ2n) is 5.34. The van der Waals surface area contributed by atoms with Gasteiger partial charge in [0.1, 0.15) is 6.10 Å². The van der Waals surface area contributed by atoms with E-state index in [2.05, 4.69) is 46.6 Å². The van der Waals surface area contributed by atoms with E-state index in [0.717, 1.165) is 13.1 Å². The smallest absolute Gasteiger partial charge is 0.250 e. The number of amides is 1. The van der Waals surface area contributed by atoms with Crippen LogP contribution in [0.4, 0.5) is 0 Å². The molecule has 0 spiro atoms. The number of hydrogen-bond donors (Lipinski definition) is 1. The summed E-state index contributed by atoms with van der Waals surface area (Å²) < 4.78 is 5.52. The summed E-state index contributed by atoms with van der Waals surface area (Å²) in [5.41, 5.74) is 1.25. The molecule has 1 aliphatic rings. The lowest BCUT2D eigenvalue weighted by Gasteiger charge is -2.31. The van der Waals surface area contributed by atoms with Gasteiger partial charge in [-0.3, -0.25) is 9.69 Å². The van der Waals surface area contributed by atoms with Crippen molar-refractivity contribution in [1.29, 1.82) is 0 Å². The van der Waals surface area contributed by atoms with Crippen LogP contribution in [0.2, 0.25) is 0 Å². The maximum Gasteiger partial charge on any atom is 0.250 e. The van der Waals surface area contributed by atoms with Crippen molar-refractivity contribution >= 4 is 17.2 Å². The second-order valence-corrected chi connectivity index (χ2v) is 6.51. The predicted octanol–water partition coefficient (Wildman–Crippen LogP) is 2.36. The highest BCUT2D eigenvalue weighted by atomic mass is 32.1. The van der Waals surface area contributed by atoms with Crippen molar-refractivity contribution in [1.82, 2.24) is 10.2 Å². The van der Waals surface area contributed by atoms with Gasteiger partial charge in [-0.25, -0.2) is 0 Å². The maximum atomic E-state index is 11.7. The quantitative estimate of drug-likeness (QED) is 0.941. The van der Waals surface area contributed by atoms with Crippen molar-refractivity contribution in [2.45, 2.75) is 12.6 Å². The fourth-order valence-electron chi connectivity index (χ4n) is 2.61. The van der Waals surface area contributed by atoms with Crippen LogP contribution in [0.1, 0.15) is 4.88 Å². The molecule has 2 heterocycles. The van der Waals surface area contributed by atoms with E-state index in [0.29, 0.717) is 13.2 Å². The number of nitrogens with one attached hydrogen (secondary N) is 1. The first kappa shape index (κ1) is 15.2. The zero-order valence-corrected chi connectivity index (χ0v) is 13.4. The van der Waals surface area contributed by atoms with E-state index in [9.17, 15) is 4.79 Å². The Kier molecular flexibility index (Phi) is 4.87. The fourth-order valence-corrected chi connectivity index (χ4v) is 3.66. The van der Waals surface area contributed by atoms with Crippen LogP contribution in [-0.4, -0.2) is 43.7 Å². The zero-order chi connectivity index (χ0) is 15.4. The first-order valence-electron chi connectivity index (χ1n) is 7.46. The summed E-state index contributed by atoms with van der Waals surface area (Å²) in [6.07, 6.45) is -0.354. The first-order valence-corrected chi connectivity index (χ1v) is 8.27. The molecule has 0 radical (unpaired) electrons. The molecular formula is C17H20N2O2S. The number of benzene rings is 1. The lowest BCUT2D eigenvalue weighted by atomic mass is 10.2. The molecule has 1 atom stereocenters. The van der Waals surface area contributed by atoms with Crippen LogP contribution in [0.25, 0.3) is 10.4 Å². The van der Waals surface area contributed by atoms with Gasteiger partial charge >= 0.3 is 0 Å². The standard InChI is InChI=1S/C17H20N2O2S/c1-18-17(20)15-12-19(9-10-21-15)11-14-7-8-16(22-14)13-5-3-2-4-6-13/h2-8,15H,9-12H2,1H3,(H,18,20). The average Bonchev–Trinajstić information content (AvgIpc) is 3.03. The van der Waals surface area contributed by atoms with E-state index in [1.54, 1.807) is 7.05 Å². The Hall–Kier alpha value is -1.69. The number of carbonyl (C=O) groups is 1. The van der Waals surface area contributed by atoms with Crippen molar-refractivity contribution in [3.63, 3.8) is 0 Å². The Labute approximate surface area is 134 Å². The summed E-state index contributed by atoms with van der Waals surface area (Å²) >= 11 is 1.81. The van der Waals surface area contributed by atoms with Crippen LogP contribution in [0.3, 0.4) is 0 Å². The molecule has 2 aromatic rings. The molecule has 0 saturated carbocycles. The molecule has 116 valence electrons. The second kappa shape index (κ2) is 7.05. The number of ether oxygens (including phenoxy) is 1. The molecule has 1 aromatic heterocycles. The van der Waals surface area contributed by atoms with Crippen LogP contribution in [0.15, 0.2) is 42.5 Å². The fraction of sp³-hybridized carbons (Fsp3) is 0.353. The molecule has 1 amide bonds. The van der Waals surface area contributed by atoms with Crippen molar-refractivity contribution in [3.05, 3.63) is 47.3 Å². The SMILES string of the molecule is CNC(=O)C1CN(Cc2ccc(-c3ccccc3)s2)CCO1. The van der Waals surface area contributed by atoms with Gasteiger partial charge in [-0.15, -0.1) is 11.3 Å². The van der Waals surface area contributed by atoms with Crippen LogP contribution < -0.4 is 5.32 Å². The van der Waals surface area contributed by atoms with Crippen LogP contribution in [-0.2, 0) is 16.1 Å². The van der Waals surface area contributed by atoms with Gasteiger partial charge in [0.2, 0.25) is 5.91 Å². The largest absolute Gasteiger partial charge is 0.366 e. The number of morpholine rings is 1. The lowest BCUT2D eigenvalue weighted by Crippen LogP contribution is -2.48. The summed E-state index contributed by atoms with van der Waals surface area (Å²) in [6.45, 7) is 2.99. The summed E-state index contributed by atoms with van der Waals surface area (Å²) in [5.74, 6) is -0.0409. The highest BCUT2D eigenvalue weighted by Crippen LogP contribution is 2.28. The molecule has 0 aliphatic carbocycles. The molecule has 22 heavy (non-hydrogen) atoms. The molecule has 1 saturated heterocycles. The number of thiophene rings is 1. The Morgan fingerprint density at radius 3 is 2.91 bits per heavy atom. The molecular weight excluding hydrogens is 296 g/mol. The summed E-state index contributed by atoms with van der Waals surface area (Å²) in [6, 6.07) is 14.8. The van der Waals surface area contributed by atoms with E-state index in [1.807, 2.05) is 17.4 Å². The van der Waals surface area contributed by atoms with Crippen molar-refractivity contribution in [2.75, 3.05) is 26.7 Å². The number of carbonyl (C=O) groups excluding carboxylic acids is 1. The Morgan fingerprint density at radius 2 is 2.14 bits per heavy atom. The van der Waals surface area contributed by atoms with E-state index in [1.165, 1.54) is 15.3 Å². The summed E-state index contributed by atoms with van der Waals surface area (Å²) in [7, 11) is 1.65. The third-order valence-corrected chi connectivity index (χ3v) is 4.91. The van der Waals surface area contributed by atoms with Gasteiger partial charge < -0.3 is 10.1 Å². The van der Waals surface area contributed by atoms with Crippen LogP contribution in [0.5, 0.6) is 0 Å². The number of nitrogens with zero attached hydrogens (tertiary/aromatic N) is 1. The van der Waals surface area contributed by atoms with E-state index in [-0.39, 0.29) is 12.0 Å². The minimum Gasteiger partial charge on any atom is -0.366 e. The minimum atomic E-state index is -0.354. The molecule has 1 aromatic carbocycles. The molecule has 3 rings (SSSR count). The van der Waals surface area contributed by atoms with Gasteiger partial charge in [0.15, 0.2) is 0 Å². The molecule has 1 aliphatic heterocycles. The van der Waals surface area contributed by atoms with Crippen LogP contribution in [0, 0.1) is 0 Å².